The lowest BCUT2D eigenvalue weighted by molar-refractivity contribution is 0.346. The highest BCUT2D eigenvalue weighted by atomic mass is 14.9. The Kier molecular flexibility index (Phi) is 3.16. The molecule has 0 aromatic carbocycles. The second-order valence-electron chi connectivity index (χ2n) is 5.52. The van der Waals surface area contributed by atoms with E-state index in [2.05, 4.69) is 33.0 Å². The third-order valence-corrected chi connectivity index (χ3v) is 2.36. The molecule has 0 radical (unpaired) electrons. The lowest BCUT2D eigenvalue weighted by Crippen LogP contribution is -2.34. The van der Waals surface area contributed by atoms with E-state index in [4.69, 9.17) is 0 Å². The molecule has 1 unspecified atom stereocenters. The molecule has 0 saturated heterocycles. The van der Waals surface area contributed by atoms with Crippen LogP contribution in [0.5, 0.6) is 0 Å². The van der Waals surface area contributed by atoms with Crippen molar-refractivity contribution >= 4 is 0 Å². The van der Waals surface area contributed by atoms with Gasteiger partial charge in [0.25, 0.3) is 0 Å². The van der Waals surface area contributed by atoms with Crippen LogP contribution in [0.2, 0.25) is 0 Å². The Morgan fingerprint density at radius 2 is 1.92 bits per heavy atom. The van der Waals surface area contributed by atoms with Gasteiger partial charge >= 0.3 is 0 Å². The molecule has 12 heavy (non-hydrogen) atoms. The average molecular weight is 169 g/mol. The minimum Gasteiger partial charge on any atom is -0.314 e. The Morgan fingerprint density at radius 1 is 1.33 bits per heavy atom. The quantitative estimate of drug-likeness (QED) is 0.682. The second-order valence-corrected chi connectivity index (χ2v) is 5.52. The van der Waals surface area contributed by atoms with Gasteiger partial charge in [-0.2, -0.15) is 0 Å². The molecule has 0 spiro atoms. The fourth-order valence-electron chi connectivity index (χ4n) is 1.42. The van der Waals surface area contributed by atoms with Crippen molar-refractivity contribution in [2.75, 3.05) is 6.54 Å². The fourth-order valence-corrected chi connectivity index (χ4v) is 1.42. The third-order valence-electron chi connectivity index (χ3n) is 2.36. The van der Waals surface area contributed by atoms with E-state index in [0.717, 1.165) is 18.5 Å². The monoisotopic (exact) mass is 169 g/mol. The molecule has 1 rings (SSSR count). The largest absolute Gasteiger partial charge is 0.314 e. The van der Waals surface area contributed by atoms with Gasteiger partial charge in [0.15, 0.2) is 0 Å². The Bertz CT molecular complexity index is 130. The molecule has 1 saturated carbocycles. The van der Waals surface area contributed by atoms with Crippen LogP contribution in [0.3, 0.4) is 0 Å². The summed E-state index contributed by atoms with van der Waals surface area (Å²) in [4.78, 5) is 0. The molecule has 1 nitrogen and oxygen atoms in total. The van der Waals surface area contributed by atoms with E-state index < -0.39 is 0 Å². The van der Waals surface area contributed by atoms with Crippen LogP contribution in [0.25, 0.3) is 0 Å². The van der Waals surface area contributed by atoms with E-state index in [9.17, 15) is 0 Å². The van der Waals surface area contributed by atoms with E-state index in [1.54, 1.807) is 0 Å². The molecule has 1 fully saturated rings. The van der Waals surface area contributed by atoms with Crippen molar-refractivity contribution in [1.82, 2.24) is 5.32 Å². The highest BCUT2D eigenvalue weighted by molar-refractivity contribution is 4.79. The minimum absolute atomic E-state index is 0.428. The molecule has 0 aromatic heterocycles. The van der Waals surface area contributed by atoms with Crippen LogP contribution in [0.4, 0.5) is 0 Å². The molecular formula is C11H23N. The highest BCUT2D eigenvalue weighted by Gasteiger charge is 2.23. The maximum atomic E-state index is 3.59. The predicted molar refractivity (Wildman–Crippen MR) is 54.3 cm³/mol. The van der Waals surface area contributed by atoms with Crippen molar-refractivity contribution < 1.29 is 0 Å². The first-order chi connectivity index (χ1) is 5.47. The zero-order valence-electron chi connectivity index (χ0n) is 8.98. The standard InChI is InChI=1S/C11H23N/c1-9(7-10-5-6-10)12-8-11(2,3)4/h9-10,12H,5-8H2,1-4H3. The summed E-state index contributed by atoms with van der Waals surface area (Å²) in [6.07, 6.45) is 4.33. The molecule has 0 bridgehead atoms. The van der Waals surface area contributed by atoms with Crippen LogP contribution < -0.4 is 5.32 Å². The third kappa shape index (κ3) is 4.76. The van der Waals surface area contributed by atoms with E-state index in [1.807, 2.05) is 0 Å². The lowest BCUT2D eigenvalue weighted by atomic mass is 9.96. The van der Waals surface area contributed by atoms with Gasteiger partial charge in [-0.25, -0.2) is 0 Å². The SMILES string of the molecule is CC(CC1CC1)NCC(C)(C)C. The number of hydrogen-bond donors (Lipinski definition) is 1. The van der Waals surface area contributed by atoms with Crippen LogP contribution in [0, 0.1) is 11.3 Å². The van der Waals surface area contributed by atoms with E-state index >= 15 is 0 Å². The van der Waals surface area contributed by atoms with Crippen molar-refractivity contribution in [2.24, 2.45) is 11.3 Å². The van der Waals surface area contributed by atoms with Gasteiger partial charge in [0.1, 0.15) is 0 Å². The van der Waals surface area contributed by atoms with Crippen LogP contribution in [-0.4, -0.2) is 12.6 Å². The van der Waals surface area contributed by atoms with E-state index in [1.165, 1.54) is 19.3 Å². The van der Waals surface area contributed by atoms with Gasteiger partial charge in [-0.1, -0.05) is 33.6 Å². The maximum Gasteiger partial charge on any atom is 0.00415 e. The smallest absolute Gasteiger partial charge is 0.00415 e. The van der Waals surface area contributed by atoms with Gasteiger partial charge < -0.3 is 5.32 Å². The van der Waals surface area contributed by atoms with Crippen LogP contribution in [-0.2, 0) is 0 Å². The number of hydrogen-bond acceptors (Lipinski definition) is 1. The zero-order chi connectivity index (χ0) is 9.19. The summed E-state index contributed by atoms with van der Waals surface area (Å²) >= 11 is 0. The molecule has 0 aliphatic heterocycles. The zero-order valence-corrected chi connectivity index (χ0v) is 8.98. The first-order valence-electron chi connectivity index (χ1n) is 5.21. The fraction of sp³-hybridized carbons (Fsp3) is 1.00. The topological polar surface area (TPSA) is 12.0 Å². The van der Waals surface area contributed by atoms with Crippen molar-refractivity contribution in [3.05, 3.63) is 0 Å². The van der Waals surface area contributed by atoms with Crippen molar-refractivity contribution in [3.8, 4) is 0 Å². The Balaban J connectivity index is 2.04. The number of nitrogens with one attached hydrogen (secondary N) is 1. The number of rotatable bonds is 4. The Morgan fingerprint density at radius 3 is 2.33 bits per heavy atom. The molecule has 1 aliphatic carbocycles. The molecule has 0 amide bonds. The molecule has 72 valence electrons. The second kappa shape index (κ2) is 3.78. The summed E-state index contributed by atoms with van der Waals surface area (Å²) < 4.78 is 0. The van der Waals surface area contributed by atoms with Gasteiger partial charge in [-0.3, -0.25) is 0 Å². The van der Waals surface area contributed by atoms with Crippen molar-refractivity contribution in [2.45, 2.75) is 53.0 Å². The molecule has 1 aliphatic rings. The summed E-state index contributed by atoms with van der Waals surface area (Å²) in [6.45, 7) is 10.3. The maximum absolute atomic E-state index is 3.59. The molecule has 0 heterocycles. The van der Waals surface area contributed by atoms with Crippen LogP contribution >= 0.6 is 0 Å². The Hall–Kier alpha value is -0.0400. The van der Waals surface area contributed by atoms with Gasteiger partial charge in [-0.05, 0) is 24.7 Å². The minimum atomic E-state index is 0.428. The molecule has 1 heteroatoms. The van der Waals surface area contributed by atoms with Gasteiger partial charge in [0.05, 0.1) is 0 Å². The summed E-state index contributed by atoms with van der Waals surface area (Å²) in [5.74, 6) is 1.05. The summed E-state index contributed by atoms with van der Waals surface area (Å²) in [7, 11) is 0. The van der Waals surface area contributed by atoms with Crippen molar-refractivity contribution in [1.29, 1.82) is 0 Å². The Labute approximate surface area is 76.9 Å². The molecule has 0 aromatic rings. The highest BCUT2D eigenvalue weighted by Crippen LogP contribution is 2.33. The molecule has 1 atom stereocenters. The van der Waals surface area contributed by atoms with Gasteiger partial charge in [-0.15, -0.1) is 0 Å². The van der Waals surface area contributed by atoms with Gasteiger partial charge in [0, 0.05) is 12.6 Å². The predicted octanol–water partition coefficient (Wildman–Crippen LogP) is 2.81. The first kappa shape index (κ1) is 10.0. The summed E-state index contributed by atoms with van der Waals surface area (Å²) in [5, 5.41) is 3.59. The first-order valence-corrected chi connectivity index (χ1v) is 5.21. The van der Waals surface area contributed by atoms with Crippen molar-refractivity contribution in [3.63, 3.8) is 0 Å². The normalized spacial score (nSPS) is 21.0. The van der Waals surface area contributed by atoms with Crippen LogP contribution in [0.15, 0.2) is 0 Å². The summed E-state index contributed by atoms with van der Waals surface area (Å²) in [6, 6.07) is 0.719. The van der Waals surface area contributed by atoms with Crippen LogP contribution in [0.1, 0.15) is 47.0 Å². The van der Waals surface area contributed by atoms with E-state index in [0.29, 0.717) is 5.41 Å². The average Bonchev–Trinajstić information content (AvgIpc) is 2.66. The lowest BCUT2D eigenvalue weighted by Gasteiger charge is -2.22. The molecule has 1 N–H and O–H groups in total. The van der Waals surface area contributed by atoms with Gasteiger partial charge in [0.2, 0.25) is 0 Å². The molecular weight excluding hydrogens is 146 g/mol. The van der Waals surface area contributed by atoms with E-state index in [-0.39, 0.29) is 0 Å². The summed E-state index contributed by atoms with van der Waals surface area (Å²) in [5.41, 5.74) is 0.428.